The van der Waals surface area contributed by atoms with Crippen LogP contribution in [0.15, 0.2) is 52.9 Å². The molecule has 0 aliphatic rings. The number of benzene rings is 2. The normalized spacial score (nSPS) is 12.1. The molecule has 0 aliphatic carbocycles. The highest BCUT2D eigenvalue weighted by Crippen LogP contribution is 2.26. The Kier molecular flexibility index (Phi) is 4.06. The smallest absolute Gasteiger partial charge is 0.287 e. The van der Waals surface area contributed by atoms with Gasteiger partial charge in [0, 0.05) is 10.9 Å². The molecule has 0 saturated heterocycles. The van der Waals surface area contributed by atoms with Gasteiger partial charge in [0.1, 0.15) is 11.3 Å². The number of nitrogens with one attached hydrogen (secondary N) is 1. The molecule has 118 valence electrons. The van der Waals surface area contributed by atoms with Crippen LogP contribution in [0.3, 0.4) is 0 Å². The summed E-state index contributed by atoms with van der Waals surface area (Å²) < 4.78 is 10.9. The van der Waals surface area contributed by atoms with Gasteiger partial charge < -0.3 is 14.5 Å². The summed E-state index contributed by atoms with van der Waals surface area (Å²) in [4.78, 5) is 12.5. The molecule has 1 amide bonds. The third-order valence-electron chi connectivity index (χ3n) is 3.99. The first-order chi connectivity index (χ1) is 11.1. The monoisotopic (exact) mass is 309 g/mol. The first kappa shape index (κ1) is 15.2. The predicted octanol–water partition coefficient (Wildman–Crippen LogP) is 4.24. The Labute approximate surface area is 135 Å². The Bertz CT molecular complexity index is 851. The van der Waals surface area contributed by atoms with Crippen molar-refractivity contribution in [2.24, 2.45) is 0 Å². The lowest BCUT2D eigenvalue weighted by Gasteiger charge is -2.14. The first-order valence-corrected chi connectivity index (χ1v) is 7.53. The van der Waals surface area contributed by atoms with Gasteiger partial charge in [0.05, 0.1) is 13.2 Å². The topological polar surface area (TPSA) is 51.5 Å². The van der Waals surface area contributed by atoms with Gasteiger partial charge in [-0.1, -0.05) is 30.3 Å². The van der Waals surface area contributed by atoms with Crippen LogP contribution in [-0.2, 0) is 0 Å². The van der Waals surface area contributed by atoms with Gasteiger partial charge in [0.25, 0.3) is 5.91 Å². The molecule has 1 N–H and O–H groups in total. The van der Waals surface area contributed by atoms with Crippen LogP contribution >= 0.6 is 0 Å². The van der Waals surface area contributed by atoms with Crippen molar-refractivity contribution in [3.8, 4) is 5.75 Å². The van der Waals surface area contributed by atoms with E-state index in [1.807, 2.05) is 62.4 Å². The van der Waals surface area contributed by atoms with E-state index in [2.05, 4.69) is 5.32 Å². The molecule has 2 aromatic carbocycles. The van der Waals surface area contributed by atoms with Gasteiger partial charge in [-0.25, -0.2) is 0 Å². The lowest BCUT2D eigenvalue weighted by Crippen LogP contribution is -2.26. The molecular formula is C19H19NO3. The SMILES string of the molecule is COc1cccc([C@H](C)NC(=O)c2oc3ccccc3c2C)c1. The number of aryl methyl sites for hydroxylation is 1. The molecule has 0 radical (unpaired) electrons. The van der Waals surface area contributed by atoms with Gasteiger partial charge in [-0.05, 0) is 37.6 Å². The molecule has 4 heteroatoms. The largest absolute Gasteiger partial charge is 0.497 e. The second-order valence-electron chi connectivity index (χ2n) is 5.52. The maximum absolute atomic E-state index is 12.5. The van der Waals surface area contributed by atoms with Gasteiger partial charge in [-0.3, -0.25) is 4.79 Å². The molecular weight excluding hydrogens is 290 g/mol. The van der Waals surface area contributed by atoms with E-state index in [1.54, 1.807) is 7.11 Å². The first-order valence-electron chi connectivity index (χ1n) is 7.53. The molecule has 0 aliphatic heterocycles. The number of para-hydroxylation sites is 1. The average molecular weight is 309 g/mol. The fourth-order valence-electron chi connectivity index (χ4n) is 2.65. The third-order valence-corrected chi connectivity index (χ3v) is 3.99. The molecule has 1 aromatic heterocycles. The van der Waals surface area contributed by atoms with E-state index in [4.69, 9.17) is 9.15 Å². The number of hydrogen-bond acceptors (Lipinski definition) is 3. The Morgan fingerprint density at radius 3 is 2.70 bits per heavy atom. The van der Waals surface area contributed by atoms with E-state index >= 15 is 0 Å². The molecule has 3 rings (SSSR count). The minimum Gasteiger partial charge on any atom is -0.497 e. The van der Waals surface area contributed by atoms with Gasteiger partial charge in [-0.2, -0.15) is 0 Å². The summed E-state index contributed by atoms with van der Waals surface area (Å²) in [5.74, 6) is 0.915. The summed E-state index contributed by atoms with van der Waals surface area (Å²) in [5, 5.41) is 3.94. The van der Waals surface area contributed by atoms with Crippen LogP contribution in [0.25, 0.3) is 11.0 Å². The van der Waals surface area contributed by atoms with Gasteiger partial charge in [0.2, 0.25) is 0 Å². The van der Waals surface area contributed by atoms with Crippen LogP contribution < -0.4 is 10.1 Å². The van der Waals surface area contributed by atoms with Gasteiger partial charge in [0.15, 0.2) is 5.76 Å². The van der Waals surface area contributed by atoms with E-state index in [0.717, 1.165) is 27.8 Å². The molecule has 0 bridgehead atoms. The van der Waals surface area contributed by atoms with Crippen molar-refractivity contribution in [3.63, 3.8) is 0 Å². The fraction of sp³-hybridized carbons (Fsp3) is 0.211. The van der Waals surface area contributed by atoms with Crippen molar-refractivity contribution in [2.45, 2.75) is 19.9 Å². The van der Waals surface area contributed by atoms with Crippen molar-refractivity contribution < 1.29 is 13.9 Å². The standard InChI is InChI=1S/C19H19NO3/c1-12-16-9-4-5-10-17(16)23-18(12)19(21)20-13(2)14-7-6-8-15(11-14)22-3/h4-11,13H,1-3H3,(H,20,21)/t13-/m0/s1. The number of carbonyl (C=O) groups excluding carboxylic acids is 1. The molecule has 3 aromatic rings. The second-order valence-corrected chi connectivity index (χ2v) is 5.52. The van der Waals surface area contributed by atoms with Crippen LogP contribution in [0.5, 0.6) is 5.75 Å². The van der Waals surface area contributed by atoms with Crippen LogP contribution in [0.4, 0.5) is 0 Å². The van der Waals surface area contributed by atoms with E-state index in [0.29, 0.717) is 5.76 Å². The summed E-state index contributed by atoms with van der Waals surface area (Å²) in [6, 6.07) is 15.2. The van der Waals surface area contributed by atoms with Crippen molar-refractivity contribution >= 4 is 16.9 Å². The van der Waals surface area contributed by atoms with Crippen molar-refractivity contribution in [3.05, 3.63) is 65.4 Å². The number of amides is 1. The number of hydrogen-bond donors (Lipinski definition) is 1. The Morgan fingerprint density at radius 1 is 1.17 bits per heavy atom. The zero-order valence-corrected chi connectivity index (χ0v) is 13.4. The molecule has 0 unspecified atom stereocenters. The number of carbonyl (C=O) groups is 1. The number of methoxy groups -OCH3 is 1. The van der Waals surface area contributed by atoms with E-state index in [1.165, 1.54) is 0 Å². The van der Waals surface area contributed by atoms with Gasteiger partial charge >= 0.3 is 0 Å². The molecule has 1 atom stereocenters. The Morgan fingerprint density at radius 2 is 1.96 bits per heavy atom. The van der Waals surface area contributed by atoms with Crippen molar-refractivity contribution in [2.75, 3.05) is 7.11 Å². The summed E-state index contributed by atoms with van der Waals surface area (Å²) in [5.41, 5.74) is 2.56. The van der Waals surface area contributed by atoms with E-state index < -0.39 is 0 Å². The summed E-state index contributed by atoms with van der Waals surface area (Å²) in [6.45, 7) is 3.83. The molecule has 0 spiro atoms. The molecule has 0 fully saturated rings. The summed E-state index contributed by atoms with van der Waals surface area (Å²) in [6.07, 6.45) is 0. The minimum absolute atomic E-state index is 0.148. The number of fused-ring (bicyclic) bond motifs is 1. The molecule has 1 heterocycles. The average Bonchev–Trinajstić information content (AvgIpc) is 2.92. The van der Waals surface area contributed by atoms with Crippen LogP contribution in [0.1, 0.15) is 34.6 Å². The molecule has 23 heavy (non-hydrogen) atoms. The quantitative estimate of drug-likeness (QED) is 0.784. The lowest BCUT2D eigenvalue weighted by atomic mass is 10.1. The van der Waals surface area contributed by atoms with E-state index in [9.17, 15) is 4.79 Å². The molecule has 4 nitrogen and oxygen atoms in total. The van der Waals surface area contributed by atoms with E-state index in [-0.39, 0.29) is 11.9 Å². The Balaban J connectivity index is 1.83. The highest BCUT2D eigenvalue weighted by molar-refractivity contribution is 5.99. The maximum atomic E-state index is 12.5. The minimum atomic E-state index is -0.214. The van der Waals surface area contributed by atoms with Crippen molar-refractivity contribution in [1.82, 2.24) is 5.32 Å². The second kappa shape index (κ2) is 6.16. The fourth-order valence-corrected chi connectivity index (χ4v) is 2.65. The Hall–Kier alpha value is -2.75. The number of rotatable bonds is 4. The predicted molar refractivity (Wildman–Crippen MR) is 89.8 cm³/mol. The highest BCUT2D eigenvalue weighted by Gasteiger charge is 2.19. The third kappa shape index (κ3) is 2.93. The van der Waals surface area contributed by atoms with Gasteiger partial charge in [-0.15, -0.1) is 0 Å². The highest BCUT2D eigenvalue weighted by atomic mass is 16.5. The molecule has 0 saturated carbocycles. The number of ether oxygens (including phenoxy) is 1. The lowest BCUT2D eigenvalue weighted by molar-refractivity contribution is 0.0913. The summed E-state index contributed by atoms with van der Waals surface area (Å²) in [7, 11) is 1.63. The van der Waals surface area contributed by atoms with Crippen molar-refractivity contribution in [1.29, 1.82) is 0 Å². The van der Waals surface area contributed by atoms with Crippen LogP contribution in [0, 0.1) is 6.92 Å². The maximum Gasteiger partial charge on any atom is 0.287 e. The zero-order valence-electron chi connectivity index (χ0n) is 13.4. The van der Waals surface area contributed by atoms with Crippen LogP contribution in [0.2, 0.25) is 0 Å². The summed E-state index contributed by atoms with van der Waals surface area (Å²) >= 11 is 0. The zero-order chi connectivity index (χ0) is 16.4. The number of furan rings is 1. The van der Waals surface area contributed by atoms with Crippen LogP contribution in [-0.4, -0.2) is 13.0 Å².